The Labute approximate surface area is 209 Å². The van der Waals surface area contributed by atoms with Gasteiger partial charge in [-0.05, 0) is 81.0 Å². The largest absolute Gasteiger partial charge is 0.495 e. The molecule has 0 unspecified atom stereocenters. The van der Waals surface area contributed by atoms with Crippen molar-refractivity contribution in [3.63, 3.8) is 0 Å². The van der Waals surface area contributed by atoms with Crippen molar-refractivity contribution in [2.75, 3.05) is 25.2 Å². The first kappa shape index (κ1) is 22.8. The average Bonchev–Trinajstić information content (AvgIpc) is 3.47. The van der Waals surface area contributed by atoms with Gasteiger partial charge in [0.2, 0.25) is 0 Å². The third-order valence-electron chi connectivity index (χ3n) is 7.35. The van der Waals surface area contributed by atoms with Gasteiger partial charge in [-0.1, -0.05) is 6.07 Å². The van der Waals surface area contributed by atoms with E-state index in [2.05, 4.69) is 22.1 Å². The molecule has 6 rings (SSSR count). The second kappa shape index (κ2) is 8.47. The fourth-order valence-electron chi connectivity index (χ4n) is 5.11. The number of anilines is 1. The molecule has 36 heavy (non-hydrogen) atoms. The molecule has 0 radical (unpaired) electrons. The van der Waals surface area contributed by atoms with Crippen LogP contribution < -0.4 is 9.75 Å². The van der Waals surface area contributed by atoms with Gasteiger partial charge >= 0.3 is 0 Å². The van der Waals surface area contributed by atoms with Crippen molar-refractivity contribution in [1.29, 1.82) is 0 Å². The van der Waals surface area contributed by atoms with Crippen LogP contribution >= 0.6 is 0 Å². The summed E-state index contributed by atoms with van der Waals surface area (Å²) >= 11 is 0. The summed E-state index contributed by atoms with van der Waals surface area (Å²) in [6.45, 7) is 4.82. The maximum atomic E-state index is 14.5. The third-order valence-corrected chi connectivity index (χ3v) is 7.35. The molecule has 8 heteroatoms. The van der Waals surface area contributed by atoms with Crippen LogP contribution in [0.4, 0.5) is 14.5 Å². The van der Waals surface area contributed by atoms with E-state index in [1.54, 1.807) is 13.4 Å². The van der Waals surface area contributed by atoms with E-state index in [-0.39, 0.29) is 11.1 Å². The highest BCUT2D eigenvalue weighted by Gasteiger charge is 2.50. The molecular formula is C28H29F2N5O. The minimum Gasteiger partial charge on any atom is -0.495 e. The number of amidine groups is 1. The van der Waals surface area contributed by atoms with Gasteiger partial charge in [-0.15, -0.1) is 0 Å². The van der Waals surface area contributed by atoms with E-state index in [4.69, 9.17) is 9.73 Å². The molecule has 0 N–H and O–H groups in total. The van der Waals surface area contributed by atoms with Crippen LogP contribution in [0.2, 0.25) is 0 Å². The lowest BCUT2D eigenvalue weighted by atomic mass is 9.99. The van der Waals surface area contributed by atoms with Crippen LogP contribution in [0.15, 0.2) is 53.4 Å². The zero-order chi connectivity index (χ0) is 25.0. The van der Waals surface area contributed by atoms with Crippen LogP contribution in [0, 0.1) is 25.5 Å². The number of hydrogen-bond donors (Lipinski definition) is 0. The molecule has 186 valence electrons. The smallest absolute Gasteiger partial charge is 0.146 e. The standard InChI is InChI=1S/C28H29F2N5O/c1-18-15-33(17-31-18)25-7-6-20(12-26(25)36-3)11-21-5-4-10-34-27(21)32-28(8-9-28)16-35(34)22-13-23(29)19(2)24(30)14-22/h6-7,11-15,17H,4-5,8-10,16H2,1-3H3. The van der Waals surface area contributed by atoms with Gasteiger partial charge in [-0.3, -0.25) is 15.0 Å². The Morgan fingerprint density at radius 3 is 2.50 bits per heavy atom. The van der Waals surface area contributed by atoms with Gasteiger partial charge in [0.15, 0.2) is 0 Å². The van der Waals surface area contributed by atoms with Gasteiger partial charge in [0, 0.05) is 18.3 Å². The van der Waals surface area contributed by atoms with Crippen LogP contribution in [0.1, 0.15) is 42.5 Å². The van der Waals surface area contributed by atoms with Crippen molar-refractivity contribution in [2.45, 2.75) is 45.1 Å². The molecule has 1 spiro atoms. The molecular weight excluding hydrogens is 460 g/mol. The van der Waals surface area contributed by atoms with E-state index >= 15 is 0 Å². The molecule has 1 aliphatic carbocycles. The third kappa shape index (κ3) is 3.94. The quantitative estimate of drug-likeness (QED) is 0.477. The SMILES string of the molecule is COc1cc(C=C2CCCN3C2=NC2(CC2)CN3c2cc(F)c(C)c(F)c2)ccc1-n1cnc(C)c1. The number of ether oxygens (including phenoxy) is 1. The molecule has 3 aromatic rings. The van der Waals surface area contributed by atoms with Crippen molar-refractivity contribution in [3.05, 3.63) is 76.9 Å². The zero-order valence-corrected chi connectivity index (χ0v) is 20.8. The first-order valence-corrected chi connectivity index (χ1v) is 12.4. The fourth-order valence-corrected chi connectivity index (χ4v) is 5.11. The van der Waals surface area contributed by atoms with Gasteiger partial charge in [-0.2, -0.15) is 0 Å². The highest BCUT2D eigenvalue weighted by molar-refractivity contribution is 6.04. The van der Waals surface area contributed by atoms with Crippen LogP contribution in [0.25, 0.3) is 11.8 Å². The van der Waals surface area contributed by atoms with Crippen molar-refractivity contribution in [2.24, 2.45) is 4.99 Å². The molecule has 3 heterocycles. The molecule has 0 atom stereocenters. The molecule has 6 nitrogen and oxygen atoms in total. The van der Waals surface area contributed by atoms with Crippen molar-refractivity contribution in [1.82, 2.24) is 14.6 Å². The summed E-state index contributed by atoms with van der Waals surface area (Å²) in [5.41, 5.74) is 4.41. The van der Waals surface area contributed by atoms with Crippen LogP contribution in [-0.4, -0.2) is 46.1 Å². The van der Waals surface area contributed by atoms with E-state index in [0.29, 0.717) is 12.2 Å². The highest BCUT2D eigenvalue weighted by Crippen LogP contribution is 2.46. The summed E-state index contributed by atoms with van der Waals surface area (Å²) in [4.78, 5) is 9.49. The van der Waals surface area contributed by atoms with Crippen LogP contribution in [0.3, 0.4) is 0 Å². The van der Waals surface area contributed by atoms with Crippen molar-refractivity contribution in [3.8, 4) is 11.4 Å². The lowest BCUT2D eigenvalue weighted by Gasteiger charge is -2.46. The summed E-state index contributed by atoms with van der Waals surface area (Å²) in [5, 5.41) is 4.13. The average molecular weight is 490 g/mol. The molecule has 1 aromatic heterocycles. The number of fused-ring (bicyclic) bond motifs is 1. The number of benzene rings is 2. The number of nitrogens with zero attached hydrogens (tertiary/aromatic N) is 5. The lowest BCUT2D eigenvalue weighted by Crippen LogP contribution is -2.56. The molecule has 0 amide bonds. The van der Waals surface area contributed by atoms with Gasteiger partial charge in [0.05, 0.1) is 42.6 Å². The number of hydrogen-bond acceptors (Lipinski definition) is 5. The Hall–Kier alpha value is -3.68. The second-order valence-electron chi connectivity index (χ2n) is 10.0. The predicted octanol–water partition coefficient (Wildman–Crippen LogP) is 5.62. The van der Waals surface area contributed by atoms with Crippen molar-refractivity contribution < 1.29 is 13.5 Å². The number of aliphatic imine (C=N–C) groups is 1. The molecule has 2 aromatic carbocycles. The number of piperidine rings is 1. The van der Waals surface area contributed by atoms with Gasteiger partial charge in [0.25, 0.3) is 0 Å². The van der Waals surface area contributed by atoms with Gasteiger partial charge < -0.3 is 9.30 Å². The summed E-state index contributed by atoms with van der Waals surface area (Å²) in [6, 6.07) is 9.00. The molecule has 2 aliphatic heterocycles. The Balaban J connectivity index is 1.37. The number of rotatable bonds is 4. The Kier molecular flexibility index (Phi) is 5.35. The zero-order valence-electron chi connectivity index (χ0n) is 20.8. The van der Waals surface area contributed by atoms with E-state index in [1.165, 1.54) is 19.1 Å². The van der Waals surface area contributed by atoms with Crippen molar-refractivity contribution >= 4 is 17.6 Å². The summed E-state index contributed by atoms with van der Waals surface area (Å²) in [5.74, 6) is 0.615. The maximum Gasteiger partial charge on any atom is 0.146 e. The van der Waals surface area contributed by atoms with Gasteiger partial charge in [-0.25, -0.2) is 13.8 Å². The number of imidazole rings is 1. The Morgan fingerprint density at radius 2 is 1.83 bits per heavy atom. The highest BCUT2D eigenvalue weighted by atomic mass is 19.1. The minimum absolute atomic E-state index is 0.0493. The predicted molar refractivity (Wildman–Crippen MR) is 137 cm³/mol. The second-order valence-corrected chi connectivity index (χ2v) is 10.0. The monoisotopic (exact) mass is 489 g/mol. The lowest BCUT2D eigenvalue weighted by molar-refractivity contribution is 0.321. The maximum absolute atomic E-state index is 14.5. The summed E-state index contributed by atoms with van der Waals surface area (Å²) in [7, 11) is 1.67. The summed E-state index contributed by atoms with van der Waals surface area (Å²) < 4.78 is 36.6. The summed E-state index contributed by atoms with van der Waals surface area (Å²) in [6.07, 6.45) is 9.69. The number of methoxy groups -OCH3 is 1. The van der Waals surface area contributed by atoms with E-state index < -0.39 is 11.6 Å². The van der Waals surface area contributed by atoms with E-state index in [0.717, 1.165) is 66.3 Å². The van der Waals surface area contributed by atoms with Crippen LogP contribution in [-0.2, 0) is 0 Å². The number of halogens is 2. The molecule has 1 saturated carbocycles. The molecule has 1 saturated heterocycles. The number of hydrazine groups is 1. The first-order valence-electron chi connectivity index (χ1n) is 12.4. The minimum atomic E-state index is -0.521. The van der Waals surface area contributed by atoms with Crippen LogP contribution in [0.5, 0.6) is 5.75 Å². The van der Waals surface area contributed by atoms with Gasteiger partial charge in [0.1, 0.15) is 23.2 Å². The molecule has 2 fully saturated rings. The normalized spacial score (nSPS) is 19.5. The van der Waals surface area contributed by atoms with E-state index in [1.807, 2.05) is 34.8 Å². The van der Waals surface area contributed by atoms with E-state index in [9.17, 15) is 8.78 Å². The Morgan fingerprint density at radius 1 is 1.06 bits per heavy atom. The number of aryl methyl sites for hydroxylation is 1. The molecule has 3 aliphatic rings. The first-order chi connectivity index (χ1) is 17.4. The number of aromatic nitrogens is 2. The molecule has 0 bridgehead atoms. The fraction of sp³-hybridized carbons (Fsp3) is 0.357. The topological polar surface area (TPSA) is 45.9 Å². The Bertz CT molecular complexity index is 1380.